The molecule has 0 bridgehead atoms. The number of carbonyl (C=O) groups excluding carboxylic acids is 1. The van der Waals surface area contributed by atoms with Crippen LogP contribution in [0, 0.1) is 13.8 Å². The Labute approximate surface area is 196 Å². The zero-order chi connectivity index (χ0) is 22.7. The van der Waals surface area contributed by atoms with E-state index in [1.807, 2.05) is 79.1 Å². The van der Waals surface area contributed by atoms with Crippen LogP contribution in [0.1, 0.15) is 22.5 Å². The summed E-state index contributed by atoms with van der Waals surface area (Å²) in [4.78, 5) is 17.2. The predicted octanol–water partition coefficient (Wildman–Crippen LogP) is 5.70. The second-order valence-corrected chi connectivity index (χ2v) is 8.45. The number of hydrogen-bond acceptors (Lipinski definition) is 3. The van der Waals surface area contributed by atoms with Crippen molar-refractivity contribution in [3.05, 3.63) is 93.2 Å². The van der Waals surface area contributed by atoms with Crippen molar-refractivity contribution < 1.29 is 9.53 Å². The zero-order valence-electron chi connectivity index (χ0n) is 17.9. The summed E-state index contributed by atoms with van der Waals surface area (Å²) in [5, 5.41) is 4.09. The summed E-state index contributed by atoms with van der Waals surface area (Å²) in [5.41, 5.74) is 4.66. The van der Waals surface area contributed by atoms with Crippen LogP contribution in [0.2, 0.25) is 10.0 Å². The normalized spacial score (nSPS) is 11.0. The number of para-hydroxylation sites is 2. The number of imidazole rings is 1. The topological polar surface area (TPSA) is 56.1 Å². The minimum absolute atomic E-state index is 0.0686. The number of aromatic nitrogens is 2. The molecule has 1 amide bonds. The van der Waals surface area contributed by atoms with E-state index < -0.39 is 0 Å². The molecule has 4 rings (SSSR count). The molecule has 0 spiro atoms. The molecule has 7 heteroatoms. The average molecular weight is 468 g/mol. The van der Waals surface area contributed by atoms with Crippen LogP contribution in [-0.4, -0.2) is 22.1 Å². The van der Waals surface area contributed by atoms with Crippen LogP contribution in [0.4, 0.5) is 0 Å². The summed E-state index contributed by atoms with van der Waals surface area (Å²) in [7, 11) is 0. The Bertz CT molecular complexity index is 1260. The van der Waals surface area contributed by atoms with Crippen molar-refractivity contribution in [2.75, 3.05) is 6.61 Å². The lowest BCUT2D eigenvalue weighted by Crippen LogP contribution is -2.29. The molecule has 32 heavy (non-hydrogen) atoms. The number of nitrogens with one attached hydrogen (secondary N) is 1. The summed E-state index contributed by atoms with van der Waals surface area (Å²) in [6, 6.07) is 19.2. The number of halogens is 2. The Morgan fingerprint density at radius 1 is 1.03 bits per heavy atom. The van der Waals surface area contributed by atoms with Crippen molar-refractivity contribution in [1.29, 1.82) is 0 Å². The summed E-state index contributed by atoms with van der Waals surface area (Å²) in [5.74, 6) is 1.20. The van der Waals surface area contributed by atoms with Crippen LogP contribution in [0.5, 0.6) is 5.75 Å². The molecule has 1 N–H and O–H groups in total. The van der Waals surface area contributed by atoms with E-state index >= 15 is 0 Å². The summed E-state index contributed by atoms with van der Waals surface area (Å²) >= 11 is 12.8. The van der Waals surface area contributed by atoms with Gasteiger partial charge in [-0.3, -0.25) is 4.79 Å². The minimum Gasteiger partial charge on any atom is -0.483 e. The Hall–Kier alpha value is -3.02. The number of nitrogens with zero attached hydrogens (tertiary/aromatic N) is 2. The van der Waals surface area contributed by atoms with E-state index in [1.165, 1.54) is 0 Å². The number of fused-ring (bicyclic) bond motifs is 1. The molecule has 0 saturated carbocycles. The average Bonchev–Trinajstić information content (AvgIpc) is 3.13. The smallest absolute Gasteiger partial charge is 0.258 e. The van der Waals surface area contributed by atoms with Crippen molar-refractivity contribution in [1.82, 2.24) is 14.9 Å². The Morgan fingerprint density at radius 3 is 2.56 bits per heavy atom. The molecule has 0 saturated heterocycles. The van der Waals surface area contributed by atoms with E-state index in [2.05, 4.69) is 5.32 Å². The number of ether oxygens (including phenoxy) is 1. The molecular weight excluding hydrogens is 445 g/mol. The van der Waals surface area contributed by atoms with Crippen LogP contribution in [0.15, 0.2) is 60.7 Å². The maximum absolute atomic E-state index is 12.5. The van der Waals surface area contributed by atoms with Crippen molar-refractivity contribution in [2.45, 2.75) is 26.9 Å². The second-order valence-electron chi connectivity index (χ2n) is 7.64. The lowest BCUT2D eigenvalue weighted by Gasteiger charge is -2.13. The van der Waals surface area contributed by atoms with E-state index in [-0.39, 0.29) is 19.1 Å². The van der Waals surface area contributed by atoms with Crippen LogP contribution < -0.4 is 10.1 Å². The molecule has 0 radical (unpaired) electrons. The van der Waals surface area contributed by atoms with Crippen molar-refractivity contribution in [3.8, 4) is 5.75 Å². The Balaban J connectivity index is 1.51. The number of amides is 1. The van der Waals surface area contributed by atoms with E-state index in [0.717, 1.165) is 27.7 Å². The zero-order valence-corrected chi connectivity index (χ0v) is 19.4. The highest BCUT2D eigenvalue weighted by molar-refractivity contribution is 6.36. The van der Waals surface area contributed by atoms with Gasteiger partial charge >= 0.3 is 0 Å². The third-order valence-electron chi connectivity index (χ3n) is 5.26. The molecule has 0 aliphatic rings. The minimum atomic E-state index is -0.222. The van der Waals surface area contributed by atoms with Gasteiger partial charge in [0.1, 0.15) is 11.6 Å². The van der Waals surface area contributed by atoms with E-state index in [0.29, 0.717) is 28.2 Å². The summed E-state index contributed by atoms with van der Waals surface area (Å²) in [6.45, 7) is 4.58. The fraction of sp³-hybridized carbons (Fsp3) is 0.200. The molecule has 1 heterocycles. The second kappa shape index (κ2) is 9.63. The molecule has 0 unspecified atom stereocenters. The molecule has 0 fully saturated rings. The van der Waals surface area contributed by atoms with E-state index in [1.54, 1.807) is 0 Å². The van der Waals surface area contributed by atoms with E-state index in [9.17, 15) is 4.79 Å². The fourth-order valence-electron chi connectivity index (χ4n) is 3.51. The molecule has 0 aliphatic heterocycles. The number of hydrogen-bond donors (Lipinski definition) is 1. The molecule has 0 aliphatic carbocycles. The Morgan fingerprint density at radius 2 is 1.78 bits per heavy atom. The van der Waals surface area contributed by atoms with Gasteiger partial charge in [0.25, 0.3) is 5.91 Å². The molecule has 4 aromatic rings. The predicted molar refractivity (Wildman–Crippen MR) is 129 cm³/mol. The van der Waals surface area contributed by atoms with Crippen LogP contribution in [-0.2, 0) is 17.9 Å². The maximum atomic E-state index is 12.5. The van der Waals surface area contributed by atoms with Crippen molar-refractivity contribution in [3.63, 3.8) is 0 Å². The molecule has 0 atom stereocenters. The number of benzene rings is 3. The van der Waals surface area contributed by atoms with Gasteiger partial charge in [0, 0.05) is 15.6 Å². The highest BCUT2D eigenvalue weighted by Crippen LogP contribution is 2.27. The Kier molecular flexibility index (Phi) is 6.68. The standard InChI is InChI=1S/C25H23Cl2N3O2/c1-16-10-11-17(2)23(12-16)32-15-25(31)28-13-24-29-21-8-3-4-9-22(21)30(24)14-18-19(26)6-5-7-20(18)27/h3-12H,13-15H2,1-2H3,(H,28,31). The van der Waals surface area contributed by atoms with Gasteiger partial charge < -0.3 is 14.6 Å². The molecular formula is C25H23Cl2N3O2. The van der Waals surface area contributed by atoms with Crippen LogP contribution in [0.25, 0.3) is 11.0 Å². The van der Waals surface area contributed by atoms with Crippen LogP contribution >= 0.6 is 23.2 Å². The van der Waals surface area contributed by atoms with Gasteiger partial charge in [0.05, 0.1) is 24.1 Å². The molecule has 1 aromatic heterocycles. The van der Waals surface area contributed by atoms with Gasteiger partial charge in [-0.05, 0) is 55.3 Å². The quantitative estimate of drug-likeness (QED) is 0.379. The lowest BCUT2D eigenvalue weighted by atomic mass is 10.1. The fourth-order valence-corrected chi connectivity index (χ4v) is 4.03. The van der Waals surface area contributed by atoms with Crippen molar-refractivity contribution in [2.24, 2.45) is 0 Å². The van der Waals surface area contributed by atoms with Crippen LogP contribution in [0.3, 0.4) is 0 Å². The SMILES string of the molecule is Cc1ccc(C)c(OCC(=O)NCc2nc3ccccc3n2Cc2c(Cl)cccc2Cl)c1. The van der Waals surface area contributed by atoms with E-state index in [4.69, 9.17) is 32.9 Å². The van der Waals surface area contributed by atoms with Gasteiger partial charge in [-0.15, -0.1) is 0 Å². The van der Waals surface area contributed by atoms with Gasteiger partial charge in [-0.1, -0.05) is 53.5 Å². The molecule has 5 nitrogen and oxygen atoms in total. The third-order valence-corrected chi connectivity index (χ3v) is 5.97. The highest BCUT2D eigenvalue weighted by Gasteiger charge is 2.15. The molecule has 3 aromatic carbocycles. The van der Waals surface area contributed by atoms with Gasteiger partial charge in [0.2, 0.25) is 0 Å². The number of aryl methyl sites for hydroxylation is 2. The van der Waals surface area contributed by atoms with Gasteiger partial charge in [-0.25, -0.2) is 4.98 Å². The number of carbonyl (C=O) groups is 1. The third kappa shape index (κ3) is 4.90. The summed E-state index contributed by atoms with van der Waals surface area (Å²) in [6.07, 6.45) is 0. The number of rotatable bonds is 7. The first-order valence-corrected chi connectivity index (χ1v) is 11.0. The van der Waals surface area contributed by atoms with Crippen molar-refractivity contribution >= 4 is 40.1 Å². The summed E-state index contributed by atoms with van der Waals surface area (Å²) < 4.78 is 7.73. The van der Waals surface area contributed by atoms with Gasteiger partial charge in [0.15, 0.2) is 6.61 Å². The molecule has 164 valence electrons. The van der Waals surface area contributed by atoms with Gasteiger partial charge in [-0.2, -0.15) is 0 Å². The largest absolute Gasteiger partial charge is 0.483 e. The first-order chi connectivity index (χ1) is 15.4. The maximum Gasteiger partial charge on any atom is 0.258 e. The monoisotopic (exact) mass is 467 g/mol. The first-order valence-electron chi connectivity index (χ1n) is 10.3. The lowest BCUT2D eigenvalue weighted by molar-refractivity contribution is -0.123. The highest BCUT2D eigenvalue weighted by atomic mass is 35.5. The first kappa shape index (κ1) is 22.2.